The van der Waals surface area contributed by atoms with E-state index in [1.165, 1.54) is 4.90 Å². The van der Waals surface area contributed by atoms with Crippen LogP contribution in [0.4, 0.5) is 11.4 Å². The van der Waals surface area contributed by atoms with E-state index < -0.39 is 0 Å². The SMILES string of the molecule is C/C=C/CN=C(C)N.CC.CCCN(CCC)C(=O)C1=Cc2ccc(C(=O)Nc3cccc(CCCCCN4C(=O)c5ccccc5C4=O)c3)cc2N=C(N)C1. The van der Waals surface area contributed by atoms with Crippen molar-refractivity contribution in [2.24, 2.45) is 21.5 Å². The number of imide groups is 1. The summed E-state index contributed by atoms with van der Waals surface area (Å²) in [4.78, 5) is 63.3. The largest absolute Gasteiger partial charge is 0.388 e. The van der Waals surface area contributed by atoms with Gasteiger partial charge in [-0.3, -0.25) is 29.1 Å². The lowest BCUT2D eigenvalue weighted by atomic mass is 10.0. The lowest BCUT2D eigenvalue weighted by Crippen LogP contribution is -2.34. The van der Waals surface area contributed by atoms with Gasteiger partial charge in [-0.1, -0.05) is 76.6 Å². The van der Waals surface area contributed by atoms with Gasteiger partial charge in [-0.2, -0.15) is 0 Å². The molecule has 0 aromatic heterocycles. The van der Waals surface area contributed by atoms with Gasteiger partial charge in [-0.15, -0.1) is 0 Å². The van der Waals surface area contributed by atoms with E-state index in [4.69, 9.17) is 11.5 Å². The molecule has 0 radical (unpaired) electrons. The number of aryl methyl sites for hydroxylation is 1. The van der Waals surface area contributed by atoms with Crippen molar-refractivity contribution in [2.75, 3.05) is 31.5 Å². The zero-order valence-corrected chi connectivity index (χ0v) is 33.9. The van der Waals surface area contributed by atoms with Gasteiger partial charge in [0.2, 0.25) is 5.91 Å². The van der Waals surface area contributed by atoms with Crippen LogP contribution in [0, 0.1) is 0 Å². The van der Waals surface area contributed by atoms with E-state index in [1.54, 1.807) is 43.3 Å². The quantitative estimate of drug-likeness (QED) is 0.0464. The van der Waals surface area contributed by atoms with E-state index in [0.717, 1.165) is 49.7 Å². The topological polar surface area (TPSA) is 164 Å². The number of nitrogens with zero attached hydrogens (tertiary/aromatic N) is 4. The normalized spacial score (nSPS) is 13.3. The third-order valence-corrected chi connectivity index (χ3v) is 8.90. The number of fused-ring (bicyclic) bond motifs is 2. The Morgan fingerprint density at radius 3 is 2.23 bits per heavy atom. The van der Waals surface area contributed by atoms with Gasteiger partial charge in [0, 0.05) is 48.4 Å². The van der Waals surface area contributed by atoms with Gasteiger partial charge in [0.1, 0.15) is 5.84 Å². The standard InChI is InChI=1S/C37H41N5O4.C6H12N2.C2H6/c1-3-18-41(19-4-2)35(44)28-22-26-16-17-27(23-32(26)40-33(38)24-28)34(43)39-29-13-10-12-25(21-29)11-6-5-9-20-42-36(45)30-14-7-8-15-31(30)37(42)46;1-3-4-5-8-6(2)7;1-2/h7-8,10,12-17,21-23H,3-6,9,11,18-20,24H2,1-2H3,(H2,38,40)(H,39,43);3-4H,5H2,1-2H3,(H2,7,8);1-2H3/b;4-3+;. The van der Waals surface area contributed by atoms with E-state index in [2.05, 4.69) is 29.1 Å². The van der Waals surface area contributed by atoms with E-state index in [9.17, 15) is 19.2 Å². The molecular weight excluding hydrogens is 703 g/mol. The molecule has 11 heteroatoms. The third-order valence-electron chi connectivity index (χ3n) is 8.90. The van der Waals surface area contributed by atoms with Crippen LogP contribution in [0.25, 0.3) is 6.08 Å². The molecule has 2 heterocycles. The molecule has 0 fully saturated rings. The minimum atomic E-state index is -0.267. The number of hydrogen-bond acceptors (Lipinski definition) is 7. The predicted octanol–water partition coefficient (Wildman–Crippen LogP) is 8.34. The fourth-order valence-electron chi connectivity index (χ4n) is 6.26. The Morgan fingerprint density at radius 1 is 0.929 bits per heavy atom. The molecule has 2 aliphatic heterocycles. The molecule has 0 unspecified atom stereocenters. The van der Waals surface area contributed by atoms with Crippen LogP contribution in [0.2, 0.25) is 0 Å². The first-order valence-corrected chi connectivity index (χ1v) is 19.8. The van der Waals surface area contributed by atoms with Crippen LogP contribution in [0.5, 0.6) is 0 Å². The highest BCUT2D eigenvalue weighted by atomic mass is 16.2. The highest BCUT2D eigenvalue weighted by Gasteiger charge is 2.34. The minimum Gasteiger partial charge on any atom is -0.388 e. The molecule has 0 bridgehead atoms. The highest BCUT2D eigenvalue weighted by Crippen LogP contribution is 2.29. The third kappa shape index (κ3) is 12.9. The Morgan fingerprint density at radius 2 is 1.61 bits per heavy atom. The molecule has 56 heavy (non-hydrogen) atoms. The number of carbonyl (C=O) groups excluding carboxylic acids is 4. The lowest BCUT2D eigenvalue weighted by molar-refractivity contribution is -0.127. The number of benzene rings is 3. The van der Waals surface area contributed by atoms with E-state index in [1.807, 2.05) is 74.2 Å². The summed E-state index contributed by atoms with van der Waals surface area (Å²) in [5, 5.41) is 2.98. The summed E-state index contributed by atoms with van der Waals surface area (Å²) in [5.41, 5.74) is 16.5. The van der Waals surface area contributed by atoms with Crippen molar-refractivity contribution < 1.29 is 19.2 Å². The second kappa shape index (κ2) is 23.2. The summed E-state index contributed by atoms with van der Waals surface area (Å²) < 4.78 is 0. The molecule has 0 aliphatic carbocycles. The average Bonchev–Trinajstić information content (AvgIpc) is 3.31. The van der Waals surface area contributed by atoms with Crippen LogP contribution in [0.3, 0.4) is 0 Å². The zero-order chi connectivity index (χ0) is 41.0. The van der Waals surface area contributed by atoms with Crippen molar-refractivity contribution in [3.8, 4) is 0 Å². The van der Waals surface area contributed by atoms with Crippen molar-refractivity contribution >= 4 is 52.8 Å². The number of amidine groups is 2. The van der Waals surface area contributed by atoms with Crippen molar-refractivity contribution in [1.82, 2.24) is 9.80 Å². The molecule has 3 aromatic rings. The van der Waals surface area contributed by atoms with Gasteiger partial charge in [0.25, 0.3) is 17.7 Å². The van der Waals surface area contributed by atoms with E-state index >= 15 is 0 Å². The van der Waals surface area contributed by atoms with Gasteiger partial charge in [-0.25, -0.2) is 4.99 Å². The number of hydrogen-bond donors (Lipinski definition) is 3. The van der Waals surface area contributed by atoms with Crippen LogP contribution in [0.1, 0.15) is 122 Å². The Labute approximate surface area is 332 Å². The maximum Gasteiger partial charge on any atom is 0.261 e. The fourth-order valence-corrected chi connectivity index (χ4v) is 6.26. The number of anilines is 1. The van der Waals surface area contributed by atoms with Crippen molar-refractivity contribution in [3.05, 3.63) is 112 Å². The molecule has 0 spiro atoms. The Balaban J connectivity index is 0.000000749. The van der Waals surface area contributed by atoms with Crippen LogP contribution < -0.4 is 16.8 Å². The maximum atomic E-state index is 13.3. The lowest BCUT2D eigenvalue weighted by Gasteiger charge is -2.22. The molecule has 4 amide bonds. The predicted molar refractivity (Wildman–Crippen MR) is 230 cm³/mol. The van der Waals surface area contributed by atoms with Crippen LogP contribution in [-0.2, 0) is 11.2 Å². The molecule has 3 aromatic carbocycles. The zero-order valence-electron chi connectivity index (χ0n) is 33.9. The summed E-state index contributed by atoms with van der Waals surface area (Å²) in [5.74, 6) is 0.247. The molecular formula is C45H59N7O4. The number of allylic oxidation sites excluding steroid dienone is 1. The van der Waals surface area contributed by atoms with E-state index in [0.29, 0.717) is 71.5 Å². The smallest absolute Gasteiger partial charge is 0.261 e. The summed E-state index contributed by atoms with van der Waals surface area (Å²) in [6.07, 6.45) is 11.0. The van der Waals surface area contributed by atoms with Crippen LogP contribution in [0.15, 0.2) is 94.4 Å². The van der Waals surface area contributed by atoms with Gasteiger partial charge < -0.3 is 21.7 Å². The number of carbonyl (C=O) groups is 4. The number of nitrogens with one attached hydrogen (secondary N) is 1. The summed E-state index contributed by atoms with van der Waals surface area (Å²) in [6, 6.07) is 19.9. The van der Waals surface area contributed by atoms with Crippen molar-refractivity contribution in [2.45, 2.75) is 86.5 Å². The second-order valence-corrected chi connectivity index (χ2v) is 13.3. The van der Waals surface area contributed by atoms with Crippen LogP contribution >= 0.6 is 0 Å². The Bertz CT molecular complexity index is 1900. The first kappa shape index (κ1) is 44.6. The fraction of sp³-hybridized carbons (Fsp3) is 0.378. The average molecular weight is 762 g/mol. The molecule has 0 atom stereocenters. The monoisotopic (exact) mass is 761 g/mol. The van der Waals surface area contributed by atoms with Crippen molar-refractivity contribution in [1.29, 1.82) is 0 Å². The first-order chi connectivity index (χ1) is 27.1. The Hall–Kier alpha value is -5.84. The summed E-state index contributed by atoms with van der Waals surface area (Å²) >= 11 is 0. The molecule has 2 aliphatic rings. The summed E-state index contributed by atoms with van der Waals surface area (Å²) in [6.45, 7) is 14.3. The number of unbranched alkanes of at least 4 members (excludes halogenated alkanes) is 2. The molecule has 11 nitrogen and oxygen atoms in total. The van der Waals surface area contributed by atoms with Crippen LogP contribution in [-0.4, -0.2) is 71.3 Å². The molecule has 5 rings (SSSR count). The molecule has 0 saturated heterocycles. The molecule has 298 valence electrons. The van der Waals surface area contributed by atoms with Gasteiger partial charge in [-0.05, 0) is 94.0 Å². The van der Waals surface area contributed by atoms with Gasteiger partial charge >= 0.3 is 0 Å². The number of nitrogens with two attached hydrogens (primary N) is 2. The Kier molecular flexibility index (Phi) is 18.4. The van der Waals surface area contributed by atoms with Gasteiger partial charge in [0.05, 0.1) is 29.2 Å². The van der Waals surface area contributed by atoms with Crippen molar-refractivity contribution in [3.63, 3.8) is 0 Å². The first-order valence-electron chi connectivity index (χ1n) is 19.8. The summed E-state index contributed by atoms with van der Waals surface area (Å²) in [7, 11) is 0. The number of amides is 4. The molecule has 0 saturated carbocycles. The second-order valence-electron chi connectivity index (χ2n) is 13.3. The maximum absolute atomic E-state index is 13.3. The number of rotatable bonds is 15. The number of aliphatic imine (C=N–C) groups is 2. The van der Waals surface area contributed by atoms with Gasteiger partial charge in [0.15, 0.2) is 0 Å². The highest BCUT2D eigenvalue weighted by molar-refractivity contribution is 6.21. The van der Waals surface area contributed by atoms with E-state index in [-0.39, 0.29) is 30.0 Å². The minimum absolute atomic E-state index is 0.0285. The molecule has 5 N–H and O–H groups in total.